The van der Waals surface area contributed by atoms with Gasteiger partial charge in [-0.3, -0.25) is 4.79 Å². The molecule has 0 radical (unpaired) electrons. The van der Waals surface area contributed by atoms with Gasteiger partial charge in [-0.2, -0.15) is 0 Å². The van der Waals surface area contributed by atoms with E-state index in [4.69, 9.17) is 4.74 Å². The molecule has 0 amide bonds. The highest BCUT2D eigenvalue weighted by Gasteiger charge is 2.21. The Morgan fingerprint density at radius 1 is 1.38 bits per heavy atom. The number of benzene rings is 1. The molecule has 108 valence electrons. The van der Waals surface area contributed by atoms with Crippen LogP contribution in [0.5, 0.6) is 5.75 Å². The van der Waals surface area contributed by atoms with Gasteiger partial charge in [0.15, 0.2) is 0 Å². The normalized spacial score (nSPS) is 16.5. The Kier molecular flexibility index (Phi) is 5.90. The maximum absolute atomic E-state index is 11.8. The van der Waals surface area contributed by atoms with Gasteiger partial charge in [-0.25, -0.2) is 4.99 Å². The lowest BCUT2D eigenvalue weighted by Crippen LogP contribution is -1.87. The zero-order chi connectivity index (χ0) is 15.1. The molecule has 3 nitrogen and oxygen atoms in total. The average Bonchev–Trinajstić information content (AvgIpc) is 2.86. The van der Waals surface area contributed by atoms with Crippen LogP contribution in [0, 0.1) is 0 Å². The summed E-state index contributed by atoms with van der Waals surface area (Å²) in [4.78, 5) is 16.1. The first kappa shape index (κ1) is 15.7. The minimum Gasteiger partial charge on any atom is -0.497 e. The number of nitrogens with zero attached hydrogens (tertiary/aromatic N) is 1. The Hall–Kier alpha value is -1.72. The molecule has 1 aromatic rings. The minimum absolute atomic E-state index is 0.0130. The molecule has 5 heteroatoms. The molecule has 21 heavy (non-hydrogen) atoms. The number of ether oxygens (including phenoxy) is 1. The number of hydrogen-bond donors (Lipinski definition) is 0. The van der Waals surface area contributed by atoms with Crippen molar-refractivity contribution in [3.8, 4) is 5.75 Å². The molecule has 0 unspecified atom stereocenters. The van der Waals surface area contributed by atoms with E-state index in [2.05, 4.69) is 11.6 Å². The Balaban J connectivity index is 2.02. The third kappa shape index (κ3) is 4.65. The Labute approximate surface area is 132 Å². The Morgan fingerprint density at radius 2 is 2.14 bits per heavy atom. The van der Waals surface area contributed by atoms with Crippen LogP contribution in [-0.2, 0) is 4.79 Å². The molecule has 0 saturated heterocycles. The number of allylic oxidation sites excluding steroid dienone is 2. The molecule has 2 rings (SSSR count). The summed E-state index contributed by atoms with van der Waals surface area (Å²) in [5.41, 5.74) is 1.52. The number of methoxy groups -OCH3 is 1. The van der Waals surface area contributed by atoms with Crippen molar-refractivity contribution >= 4 is 39.1 Å². The second-order valence-corrected chi connectivity index (χ2v) is 6.28. The molecule has 0 aliphatic carbocycles. The van der Waals surface area contributed by atoms with Gasteiger partial charge in [0.2, 0.25) is 5.12 Å². The number of carbonyl (C=O) groups excluding carboxylic acids is 1. The van der Waals surface area contributed by atoms with Crippen LogP contribution in [0.4, 0.5) is 0 Å². The molecule has 1 aliphatic heterocycles. The standard InChI is InChI=1S/C16H15NO2S2/c1-3-11-20-16-17-14(15(18)21-16)6-4-5-12-7-9-13(19-2)10-8-12/h3-10H,1,11H2,2H3/b5-4+,14-6+. The largest absolute Gasteiger partial charge is 0.497 e. The highest BCUT2D eigenvalue weighted by atomic mass is 32.2. The fourth-order valence-electron chi connectivity index (χ4n) is 1.56. The number of hydrogen-bond acceptors (Lipinski definition) is 5. The highest BCUT2D eigenvalue weighted by molar-refractivity contribution is 8.45. The van der Waals surface area contributed by atoms with E-state index in [0.717, 1.165) is 21.4 Å². The zero-order valence-corrected chi connectivity index (χ0v) is 13.2. The molecular formula is C16H15NO2S2. The van der Waals surface area contributed by atoms with Crippen LogP contribution >= 0.6 is 23.5 Å². The lowest BCUT2D eigenvalue weighted by atomic mass is 10.2. The first-order valence-electron chi connectivity index (χ1n) is 6.30. The van der Waals surface area contributed by atoms with Crippen molar-refractivity contribution in [3.63, 3.8) is 0 Å². The van der Waals surface area contributed by atoms with E-state index in [1.165, 1.54) is 23.5 Å². The summed E-state index contributed by atoms with van der Waals surface area (Å²) in [6, 6.07) is 7.69. The fourth-order valence-corrected chi connectivity index (χ4v) is 3.17. The summed E-state index contributed by atoms with van der Waals surface area (Å²) in [7, 11) is 1.64. The first-order chi connectivity index (χ1) is 10.2. The summed E-state index contributed by atoms with van der Waals surface area (Å²) >= 11 is 2.69. The molecule has 0 fully saturated rings. The average molecular weight is 317 g/mol. The van der Waals surface area contributed by atoms with Crippen molar-refractivity contribution in [1.82, 2.24) is 0 Å². The fraction of sp³-hybridized carbons (Fsp3) is 0.125. The van der Waals surface area contributed by atoms with Gasteiger partial charge < -0.3 is 4.74 Å². The number of aliphatic imine (C=N–C) groups is 1. The zero-order valence-electron chi connectivity index (χ0n) is 11.6. The SMILES string of the molecule is C=CCSC1=N/C(=C/C=C/c2ccc(OC)cc2)C(=O)S1. The van der Waals surface area contributed by atoms with E-state index < -0.39 is 0 Å². The summed E-state index contributed by atoms with van der Waals surface area (Å²) in [6.45, 7) is 3.65. The number of thioether (sulfide) groups is 2. The minimum atomic E-state index is -0.0130. The van der Waals surface area contributed by atoms with Crippen LogP contribution in [0.2, 0.25) is 0 Å². The third-order valence-electron chi connectivity index (χ3n) is 2.58. The van der Waals surface area contributed by atoms with Crippen molar-refractivity contribution in [2.75, 3.05) is 12.9 Å². The summed E-state index contributed by atoms with van der Waals surface area (Å²) < 4.78 is 5.88. The van der Waals surface area contributed by atoms with Gasteiger partial charge >= 0.3 is 0 Å². The lowest BCUT2D eigenvalue weighted by molar-refractivity contribution is -0.107. The molecule has 0 bridgehead atoms. The van der Waals surface area contributed by atoms with Gasteiger partial charge in [-0.05, 0) is 35.5 Å². The predicted molar refractivity (Wildman–Crippen MR) is 92.8 cm³/mol. The van der Waals surface area contributed by atoms with Crippen LogP contribution in [-0.4, -0.2) is 22.4 Å². The quantitative estimate of drug-likeness (QED) is 0.604. The number of carbonyl (C=O) groups is 1. The van der Waals surface area contributed by atoms with Crippen LogP contribution in [0.3, 0.4) is 0 Å². The first-order valence-corrected chi connectivity index (χ1v) is 8.10. The van der Waals surface area contributed by atoms with E-state index in [1.807, 2.05) is 36.4 Å². The van der Waals surface area contributed by atoms with Crippen molar-refractivity contribution in [2.24, 2.45) is 4.99 Å². The maximum atomic E-state index is 11.8. The van der Waals surface area contributed by atoms with E-state index in [0.29, 0.717) is 5.70 Å². The van der Waals surface area contributed by atoms with Crippen LogP contribution in [0.1, 0.15) is 5.56 Å². The highest BCUT2D eigenvalue weighted by Crippen LogP contribution is 2.29. The summed E-state index contributed by atoms with van der Waals surface area (Å²) in [6.07, 6.45) is 7.29. The van der Waals surface area contributed by atoms with E-state index >= 15 is 0 Å². The lowest BCUT2D eigenvalue weighted by Gasteiger charge is -1.98. The smallest absolute Gasteiger partial charge is 0.244 e. The molecule has 1 aromatic carbocycles. The van der Waals surface area contributed by atoms with Gasteiger partial charge in [-0.1, -0.05) is 42.1 Å². The van der Waals surface area contributed by atoms with E-state index in [-0.39, 0.29) is 5.12 Å². The second-order valence-electron chi connectivity index (χ2n) is 4.05. The van der Waals surface area contributed by atoms with Crippen LogP contribution in [0.25, 0.3) is 6.08 Å². The van der Waals surface area contributed by atoms with Gasteiger partial charge in [0.1, 0.15) is 15.8 Å². The molecule has 1 aliphatic rings. The van der Waals surface area contributed by atoms with Crippen molar-refractivity contribution in [2.45, 2.75) is 0 Å². The summed E-state index contributed by atoms with van der Waals surface area (Å²) in [5.74, 6) is 1.58. The predicted octanol–water partition coefficient (Wildman–Crippen LogP) is 4.14. The molecule has 0 atom stereocenters. The van der Waals surface area contributed by atoms with Gasteiger partial charge in [0.25, 0.3) is 0 Å². The van der Waals surface area contributed by atoms with Crippen molar-refractivity contribution < 1.29 is 9.53 Å². The molecule has 0 spiro atoms. The Morgan fingerprint density at radius 3 is 2.81 bits per heavy atom. The summed E-state index contributed by atoms with van der Waals surface area (Å²) in [5, 5.41) is -0.0130. The van der Waals surface area contributed by atoms with E-state index in [9.17, 15) is 4.79 Å². The van der Waals surface area contributed by atoms with Crippen molar-refractivity contribution in [1.29, 1.82) is 0 Å². The monoisotopic (exact) mass is 317 g/mol. The Bertz CT molecular complexity index is 616. The van der Waals surface area contributed by atoms with Crippen LogP contribution < -0.4 is 4.74 Å². The molecular weight excluding hydrogens is 302 g/mol. The third-order valence-corrected chi connectivity index (χ3v) is 4.59. The van der Waals surface area contributed by atoms with Gasteiger partial charge in [0.05, 0.1) is 7.11 Å². The van der Waals surface area contributed by atoms with Gasteiger partial charge in [-0.15, -0.1) is 6.58 Å². The topological polar surface area (TPSA) is 38.7 Å². The second kappa shape index (κ2) is 7.90. The van der Waals surface area contributed by atoms with E-state index in [1.54, 1.807) is 19.3 Å². The van der Waals surface area contributed by atoms with Gasteiger partial charge in [0, 0.05) is 5.75 Å². The molecule has 0 aromatic heterocycles. The molecule has 0 saturated carbocycles. The van der Waals surface area contributed by atoms with Crippen LogP contribution in [0.15, 0.2) is 59.8 Å². The number of rotatable bonds is 5. The van der Waals surface area contributed by atoms with Crippen molar-refractivity contribution in [3.05, 3.63) is 60.3 Å². The molecule has 0 N–H and O–H groups in total. The molecule has 1 heterocycles. The maximum Gasteiger partial charge on any atom is 0.244 e.